The normalized spacial score (nSPS) is 11.7. The predicted molar refractivity (Wildman–Crippen MR) is 117 cm³/mol. The molecule has 3 aromatic rings. The van der Waals surface area contributed by atoms with E-state index in [1.807, 2.05) is 68.4 Å². The van der Waals surface area contributed by atoms with E-state index in [2.05, 4.69) is 5.32 Å². The lowest BCUT2D eigenvalue weighted by atomic mass is 10.1. The number of ether oxygens (including phenoxy) is 1. The summed E-state index contributed by atoms with van der Waals surface area (Å²) in [4.78, 5) is 25.7. The highest BCUT2D eigenvalue weighted by Gasteiger charge is 2.23. The van der Waals surface area contributed by atoms with Gasteiger partial charge >= 0.3 is 0 Å². The number of benzene rings is 2. The smallest absolute Gasteiger partial charge is 0.265 e. The molecular formula is C23H24N2O3S. The summed E-state index contributed by atoms with van der Waals surface area (Å²) in [5, 5.41) is 3.29. The van der Waals surface area contributed by atoms with Crippen LogP contribution >= 0.6 is 11.3 Å². The summed E-state index contributed by atoms with van der Waals surface area (Å²) < 4.78 is 5.71. The Morgan fingerprint density at radius 3 is 2.34 bits per heavy atom. The Labute approximate surface area is 174 Å². The molecule has 0 spiro atoms. The molecule has 3 rings (SSSR count). The van der Waals surface area contributed by atoms with Crippen LogP contribution in [-0.2, 0) is 11.2 Å². The molecule has 29 heavy (non-hydrogen) atoms. The minimum absolute atomic E-state index is 0.333. The lowest BCUT2D eigenvalue weighted by molar-refractivity contribution is -0.122. The van der Waals surface area contributed by atoms with E-state index in [1.165, 1.54) is 11.3 Å². The molecule has 2 aromatic carbocycles. The molecule has 3 N–H and O–H groups in total. The number of nitrogens with one attached hydrogen (secondary N) is 1. The van der Waals surface area contributed by atoms with Crippen LogP contribution in [0.15, 0.2) is 54.6 Å². The number of anilines is 1. The Kier molecular flexibility index (Phi) is 6.34. The number of primary amides is 1. The number of hydrogen-bond acceptors (Lipinski definition) is 4. The number of aryl methyl sites for hydroxylation is 1. The van der Waals surface area contributed by atoms with Crippen LogP contribution in [0.5, 0.6) is 5.75 Å². The fraction of sp³-hybridized carbons (Fsp3) is 0.217. The SMILES string of the molecule is Cc1ccc(O[C@H](C)C(=O)Nc2sc(Cc3ccccc3)c(C)c2C(N)=O)cc1. The van der Waals surface area contributed by atoms with Gasteiger partial charge in [-0.2, -0.15) is 0 Å². The molecule has 0 aliphatic heterocycles. The molecule has 1 heterocycles. The van der Waals surface area contributed by atoms with Crippen molar-refractivity contribution in [3.63, 3.8) is 0 Å². The maximum atomic E-state index is 12.7. The average Bonchev–Trinajstić information content (AvgIpc) is 2.99. The molecule has 2 amide bonds. The van der Waals surface area contributed by atoms with Gasteiger partial charge in [-0.25, -0.2) is 0 Å². The highest BCUT2D eigenvalue weighted by Crippen LogP contribution is 2.34. The van der Waals surface area contributed by atoms with Gasteiger partial charge in [-0.15, -0.1) is 11.3 Å². The first kappa shape index (κ1) is 20.6. The van der Waals surface area contributed by atoms with Gasteiger partial charge in [0.05, 0.1) is 5.56 Å². The third-order valence-electron chi connectivity index (χ3n) is 4.64. The van der Waals surface area contributed by atoms with Crippen LogP contribution in [0.3, 0.4) is 0 Å². The number of carbonyl (C=O) groups excluding carboxylic acids is 2. The molecule has 0 fully saturated rings. The number of nitrogens with two attached hydrogens (primary N) is 1. The summed E-state index contributed by atoms with van der Waals surface area (Å²) >= 11 is 1.37. The molecular weight excluding hydrogens is 384 g/mol. The largest absolute Gasteiger partial charge is 0.481 e. The molecule has 0 saturated heterocycles. The lowest BCUT2D eigenvalue weighted by Gasteiger charge is -2.14. The van der Waals surface area contributed by atoms with Crippen molar-refractivity contribution in [2.45, 2.75) is 33.3 Å². The third kappa shape index (κ3) is 5.03. The first-order valence-corrected chi connectivity index (χ1v) is 10.2. The first-order chi connectivity index (χ1) is 13.8. The number of carbonyl (C=O) groups is 2. The van der Waals surface area contributed by atoms with Crippen LogP contribution in [0.2, 0.25) is 0 Å². The molecule has 0 aliphatic carbocycles. The summed E-state index contributed by atoms with van der Waals surface area (Å²) in [6.07, 6.45) is -0.0541. The Morgan fingerprint density at radius 2 is 1.72 bits per heavy atom. The van der Waals surface area contributed by atoms with Gasteiger partial charge in [-0.3, -0.25) is 9.59 Å². The Balaban J connectivity index is 1.78. The fourth-order valence-corrected chi connectivity index (χ4v) is 4.23. The molecule has 0 bridgehead atoms. The van der Waals surface area contributed by atoms with E-state index < -0.39 is 12.0 Å². The van der Waals surface area contributed by atoms with Crippen LogP contribution in [0, 0.1) is 13.8 Å². The van der Waals surface area contributed by atoms with E-state index in [0.29, 0.717) is 22.7 Å². The van der Waals surface area contributed by atoms with Crippen molar-refractivity contribution >= 4 is 28.2 Å². The zero-order valence-electron chi connectivity index (χ0n) is 16.7. The van der Waals surface area contributed by atoms with E-state index in [0.717, 1.165) is 21.6 Å². The Hall–Kier alpha value is -3.12. The van der Waals surface area contributed by atoms with Gasteiger partial charge in [0.25, 0.3) is 11.8 Å². The van der Waals surface area contributed by atoms with Crippen LogP contribution in [0.25, 0.3) is 0 Å². The van der Waals surface area contributed by atoms with Crippen LogP contribution < -0.4 is 15.8 Å². The van der Waals surface area contributed by atoms with Gasteiger partial charge in [0.15, 0.2) is 6.10 Å². The fourth-order valence-electron chi connectivity index (χ4n) is 2.98. The minimum atomic E-state index is -0.724. The second-order valence-electron chi connectivity index (χ2n) is 6.94. The van der Waals surface area contributed by atoms with Gasteiger partial charge in [-0.05, 0) is 44.0 Å². The molecule has 0 radical (unpaired) electrons. The second-order valence-corrected chi connectivity index (χ2v) is 8.05. The average molecular weight is 409 g/mol. The second kappa shape index (κ2) is 8.92. The molecule has 0 aliphatic rings. The monoisotopic (exact) mass is 408 g/mol. The molecule has 150 valence electrons. The quantitative estimate of drug-likeness (QED) is 0.606. The molecule has 0 unspecified atom stereocenters. The lowest BCUT2D eigenvalue weighted by Crippen LogP contribution is -2.30. The van der Waals surface area contributed by atoms with Crippen molar-refractivity contribution in [1.82, 2.24) is 0 Å². The van der Waals surface area contributed by atoms with Crippen LogP contribution in [0.4, 0.5) is 5.00 Å². The van der Waals surface area contributed by atoms with Crippen molar-refractivity contribution in [2.75, 3.05) is 5.32 Å². The Morgan fingerprint density at radius 1 is 1.07 bits per heavy atom. The zero-order valence-corrected chi connectivity index (χ0v) is 17.5. The maximum Gasteiger partial charge on any atom is 0.265 e. The summed E-state index contributed by atoms with van der Waals surface area (Å²) in [6, 6.07) is 17.4. The van der Waals surface area contributed by atoms with E-state index in [-0.39, 0.29) is 5.91 Å². The Bertz CT molecular complexity index is 1010. The van der Waals surface area contributed by atoms with E-state index in [1.54, 1.807) is 6.92 Å². The summed E-state index contributed by atoms with van der Waals surface area (Å²) in [6.45, 7) is 5.51. The van der Waals surface area contributed by atoms with Gasteiger partial charge in [0, 0.05) is 11.3 Å². The molecule has 6 heteroatoms. The molecule has 5 nitrogen and oxygen atoms in total. The molecule has 1 atom stereocenters. The number of rotatable bonds is 7. The van der Waals surface area contributed by atoms with E-state index >= 15 is 0 Å². The summed E-state index contributed by atoms with van der Waals surface area (Å²) in [5.41, 5.74) is 8.99. The van der Waals surface area contributed by atoms with Gasteiger partial charge in [0.1, 0.15) is 10.8 Å². The number of thiophene rings is 1. The van der Waals surface area contributed by atoms with Crippen LogP contribution in [-0.4, -0.2) is 17.9 Å². The molecule has 0 saturated carbocycles. The van der Waals surface area contributed by atoms with Gasteiger partial charge < -0.3 is 15.8 Å². The highest BCUT2D eigenvalue weighted by molar-refractivity contribution is 7.17. The van der Waals surface area contributed by atoms with Crippen molar-refractivity contribution in [2.24, 2.45) is 5.73 Å². The number of amides is 2. The predicted octanol–water partition coefficient (Wildman–Crippen LogP) is 4.46. The highest BCUT2D eigenvalue weighted by atomic mass is 32.1. The van der Waals surface area contributed by atoms with Gasteiger partial charge in [0.2, 0.25) is 0 Å². The number of hydrogen-bond donors (Lipinski definition) is 2. The minimum Gasteiger partial charge on any atom is -0.481 e. The van der Waals surface area contributed by atoms with Crippen molar-refractivity contribution in [3.8, 4) is 5.75 Å². The summed E-state index contributed by atoms with van der Waals surface area (Å²) in [5.74, 6) is -0.276. The molecule has 1 aromatic heterocycles. The third-order valence-corrected chi connectivity index (χ3v) is 5.85. The zero-order chi connectivity index (χ0) is 21.0. The van der Waals surface area contributed by atoms with Crippen LogP contribution in [0.1, 0.15) is 38.8 Å². The topological polar surface area (TPSA) is 81.4 Å². The van der Waals surface area contributed by atoms with Crippen molar-refractivity contribution in [1.29, 1.82) is 0 Å². The van der Waals surface area contributed by atoms with E-state index in [9.17, 15) is 9.59 Å². The van der Waals surface area contributed by atoms with Gasteiger partial charge in [-0.1, -0.05) is 48.0 Å². The first-order valence-electron chi connectivity index (χ1n) is 9.35. The van der Waals surface area contributed by atoms with Crippen molar-refractivity contribution in [3.05, 3.63) is 81.7 Å². The van der Waals surface area contributed by atoms with E-state index in [4.69, 9.17) is 10.5 Å². The maximum absolute atomic E-state index is 12.7. The summed E-state index contributed by atoms with van der Waals surface area (Å²) in [7, 11) is 0. The van der Waals surface area contributed by atoms with Crippen molar-refractivity contribution < 1.29 is 14.3 Å². The standard InChI is InChI=1S/C23H24N2O3S/c1-14-9-11-18(12-10-14)28-16(3)22(27)25-23-20(21(24)26)15(2)19(29-23)13-17-7-5-4-6-8-17/h4-12,16H,13H2,1-3H3,(H2,24,26)(H,25,27)/t16-/m1/s1.